The van der Waals surface area contributed by atoms with E-state index in [0.29, 0.717) is 27.7 Å². The van der Waals surface area contributed by atoms with Gasteiger partial charge >= 0.3 is 5.97 Å². The molecule has 2 heteroatoms. The first-order valence-electron chi connectivity index (χ1n) is 15.9. The van der Waals surface area contributed by atoms with Crippen LogP contribution in [0.1, 0.15) is 115 Å². The van der Waals surface area contributed by atoms with Gasteiger partial charge in [-0.3, -0.25) is 0 Å². The van der Waals surface area contributed by atoms with Crippen LogP contribution in [0.4, 0.5) is 0 Å². The van der Waals surface area contributed by atoms with Crippen molar-refractivity contribution in [1.29, 1.82) is 0 Å². The third kappa shape index (κ3) is 3.68. The highest BCUT2D eigenvalue weighted by Gasteiger charge is 2.68. The number of esters is 1. The van der Waals surface area contributed by atoms with Crippen LogP contribution in [-0.2, 0) is 4.74 Å². The Labute approximate surface area is 238 Å². The summed E-state index contributed by atoms with van der Waals surface area (Å²) < 4.78 is 4.93. The predicted octanol–water partition coefficient (Wildman–Crippen LogP) is 9.75. The van der Waals surface area contributed by atoms with Gasteiger partial charge in [0.2, 0.25) is 0 Å². The second-order valence-electron chi connectivity index (χ2n) is 15.7. The molecule has 0 N–H and O–H groups in total. The van der Waals surface area contributed by atoms with Gasteiger partial charge < -0.3 is 4.74 Å². The van der Waals surface area contributed by atoms with Gasteiger partial charge in [0.25, 0.3) is 0 Å². The second kappa shape index (κ2) is 9.09. The zero-order valence-corrected chi connectivity index (χ0v) is 25.7. The molecular formula is C37H52O2. The largest absolute Gasteiger partial charge is 0.465 e. The van der Waals surface area contributed by atoms with Crippen LogP contribution in [-0.4, -0.2) is 13.1 Å². The molecule has 6 rings (SSSR count). The van der Waals surface area contributed by atoms with Crippen molar-refractivity contribution in [2.45, 2.75) is 99.3 Å². The minimum atomic E-state index is -0.261. The number of allylic oxidation sites excluding steroid dienone is 3. The molecule has 5 aliphatic carbocycles. The molecule has 0 amide bonds. The fourth-order valence-electron chi connectivity index (χ4n) is 12.2. The van der Waals surface area contributed by atoms with Gasteiger partial charge in [0.05, 0.1) is 12.7 Å². The lowest BCUT2D eigenvalue weighted by molar-refractivity contribution is -0.215. The molecule has 5 aliphatic rings. The zero-order valence-electron chi connectivity index (χ0n) is 25.7. The average molecular weight is 529 g/mol. The molecule has 0 spiro atoms. The Bertz CT molecular complexity index is 1190. The number of hydrogen-bond donors (Lipinski definition) is 0. The van der Waals surface area contributed by atoms with Crippen LogP contribution in [0.2, 0.25) is 0 Å². The third-order valence-electron chi connectivity index (χ3n) is 14.1. The Balaban J connectivity index is 1.33. The summed E-state index contributed by atoms with van der Waals surface area (Å²) >= 11 is 0. The summed E-state index contributed by atoms with van der Waals surface area (Å²) in [4.78, 5) is 12.0. The summed E-state index contributed by atoms with van der Waals surface area (Å²) in [7, 11) is 1.45. The summed E-state index contributed by atoms with van der Waals surface area (Å²) in [6, 6.07) is 8.15. The Morgan fingerprint density at radius 3 is 2.23 bits per heavy atom. The molecule has 0 bridgehead atoms. The van der Waals surface area contributed by atoms with E-state index in [4.69, 9.17) is 4.74 Å². The monoisotopic (exact) mass is 528 g/mol. The van der Waals surface area contributed by atoms with Gasteiger partial charge in [0, 0.05) is 0 Å². The van der Waals surface area contributed by atoms with Crippen molar-refractivity contribution in [2.24, 2.45) is 57.2 Å². The molecule has 212 valence electrons. The van der Waals surface area contributed by atoms with Gasteiger partial charge in [-0.2, -0.15) is 0 Å². The average Bonchev–Trinajstić information content (AvgIpc) is 3.33. The van der Waals surface area contributed by atoms with E-state index >= 15 is 0 Å². The number of hydrogen-bond acceptors (Lipinski definition) is 2. The first kappa shape index (κ1) is 27.3. The lowest BCUT2D eigenvalue weighted by Gasteiger charge is -2.71. The lowest BCUT2D eigenvalue weighted by Crippen LogP contribution is -2.64. The maximum atomic E-state index is 12.0. The summed E-state index contributed by atoms with van der Waals surface area (Å²) in [6.07, 6.45) is 15.0. The van der Waals surface area contributed by atoms with Crippen molar-refractivity contribution < 1.29 is 9.53 Å². The molecular weight excluding hydrogens is 476 g/mol. The van der Waals surface area contributed by atoms with Crippen LogP contribution < -0.4 is 0 Å². The fraction of sp³-hybridized carbons (Fsp3) is 0.703. The van der Waals surface area contributed by atoms with E-state index in [9.17, 15) is 4.79 Å². The van der Waals surface area contributed by atoms with Crippen molar-refractivity contribution in [3.63, 3.8) is 0 Å². The number of methoxy groups -OCH3 is 1. The SMILES string of the molecule is C=C(C)C1CCC2CCC3(C)C(CCC4C5(C)CC=C(c6ccc(C(=O)OC)cc6)C(C)(C)C5CCC43C)C21. The maximum absolute atomic E-state index is 12.0. The third-order valence-corrected chi connectivity index (χ3v) is 14.1. The molecule has 9 atom stereocenters. The molecule has 1 aromatic carbocycles. The van der Waals surface area contributed by atoms with Crippen molar-refractivity contribution in [2.75, 3.05) is 7.11 Å². The molecule has 4 fully saturated rings. The minimum absolute atomic E-state index is 0.104. The van der Waals surface area contributed by atoms with E-state index in [1.165, 1.54) is 81.6 Å². The summed E-state index contributed by atoms with van der Waals surface area (Å²) in [5.74, 6) is 4.66. The number of fused-ring (bicyclic) bond motifs is 7. The highest BCUT2D eigenvalue weighted by molar-refractivity contribution is 5.89. The van der Waals surface area contributed by atoms with Crippen molar-refractivity contribution in [3.8, 4) is 0 Å². The number of carbonyl (C=O) groups excluding carboxylic acids is 1. The Morgan fingerprint density at radius 2 is 1.56 bits per heavy atom. The number of benzene rings is 1. The molecule has 0 radical (unpaired) electrons. The van der Waals surface area contributed by atoms with Crippen LogP contribution in [0, 0.1) is 57.2 Å². The van der Waals surface area contributed by atoms with Crippen LogP contribution in [0.5, 0.6) is 0 Å². The molecule has 0 aromatic heterocycles. The maximum Gasteiger partial charge on any atom is 0.337 e. The Morgan fingerprint density at radius 1 is 0.872 bits per heavy atom. The topological polar surface area (TPSA) is 26.3 Å². The van der Waals surface area contributed by atoms with E-state index in [1.54, 1.807) is 0 Å². The molecule has 2 nitrogen and oxygen atoms in total. The number of ether oxygens (including phenoxy) is 1. The van der Waals surface area contributed by atoms with E-state index in [-0.39, 0.29) is 11.4 Å². The molecule has 1 aromatic rings. The van der Waals surface area contributed by atoms with E-state index < -0.39 is 0 Å². The fourth-order valence-corrected chi connectivity index (χ4v) is 12.2. The molecule has 0 aliphatic heterocycles. The quantitative estimate of drug-likeness (QED) is 0.288. The highest BCUT2D eigenvalue weighted by Crippen LogP contribution is 2.76. The van der Waals surface area contributed by atoms with Crippen LogP contribution in [0.25, 0.3) is 5.57 Å². The Kier molecular flexibility index (Phi) is 6.37. The molecule has 0 heterocycles. The van der Waals surface area contributed by atoms with Gasteiger partial charge in [-0.1, -0.05) is 65.0 Å². The van der Waals surface area contributed by atoms with Gasteiger partial charge in [-0.25, -0.2) is 4.79 Å². The van der Waals surface area contributed by atoms with Crippen molar-refractivity contribution in [1.82, 2.24) is 0 Å². The molecule has 39 heavy (non-hydrogen) atoms. The second-order valence-corrected chi connectivity index (χ2v) is 15.7. The molecule has 0 saturated heterocycles. The first-order chi connectivity index (χ1) is 18.4. The first-order valence-corrected chi connectivity index (χ1v) is 15.9. The highest BCUT2D eigenvalue weighted by atomic mass is 16.5. The summed E-state index contributed by atoms with van der Waals surface area (Å²) in [5, 5.41) is 0. The summed E-state index contributed by atoms with van der Waals surface area (Å²) in [5.41, 5.74) is 6.13. The standard InChI is InChI=1S/C37H52O2/c1-23(2)27-14-13-25-17-21-36(6)29(32(25)27)15-16-31-35(5)20-18-28(24-9-11-26(12-10-24)33(38)39-8)34(3,4)30(35)19-22-37(31,36)7/h9-12,18,25,27,29-32H,1,13-17,19-22H2,2-8H3. The normalized spacial score (nSPS) is 44.2. The number of rotatable bonds is 3. The van der Waals surface area contributed by atoms with E-state index in [2.05, 4.69) is 66.3 Å². The van der Waals surface area contributed by atoms with Gasteiger partial charge in [-0.05, 0) is 145 Å². The van der Waals surface area contributed by atoms with Gasteiger partial charge in [0.15, 0.2) is 0 Å². The Hall–Kier alpha value is -1.83. The van der Waals surface area contributed by atoms with E-state index in [1.807, 2.05) is 12.1 Å². The molecule has 4 saturated carbocycles. The van der Waals surface area contributed by atoms with Gasteiger partial charge in [0.1, 0.15) is 0 Å². The van der Waals surface area contributed by atoms with Gasteiger partial charge in [-0.15, -0.1) is 0 Å². The zero-order chi connectivity index (χ0) is 28.0. The van der Waals surface area contributed by atoms with Crippen LogP contribution in [0.3, 0.4) is 0 Å². The van der Waals surface area contributed by atoms with Crippen LogP contribution >= 0.6 is 0 Å². The summed E-state index contributed by atoms with van der Waals surface area (Å²) in [6.45, 7) is 20.0. The predicted molar refractivity (Wildman–Crippen MR) is 161 cm³/mol. The smallest absolute Gasteiger partial charge is 0.337 e. The van der Waals surface area contributed by atoms with Crippen LogP contribution in [0.15, 0.2) is 42.5 Å². The van der Waals surface area contributed by atoms with Crippen molar-refractivity contribution in [3.05, 3.63) is 53.6 Å². The number of carbonyl (C=O) groups is 1. The van der Waals surface area contributed by atoms with E-state index in [0.717, 1.165) is 29.6 Å². The minimum Gasteiger partial charge on any atom is -0.465 e. The molecule has 9 unspecified atom stereocenters. The lowest BCUT2D eigenvalue weighted by atomic mass is 9.33. The van der Waals surface area contributed by atoms with Crippen molar-refractivity contribution >= 4 is 11.5 Å².